The monoisotopic (exact) mass is 588 g/mol. The number of aromatic nitrogens is 7. The van der Waals surface area contributed by atoms with Crippen LogP contribution in [0.15, 0.2) is 70.6 Å². The van der Waals surface area contributed by atoms with E-state index in [-0.39, 0.29) is 17.3 Å². The van der Waals surface area contributed by atoms with E-state index in [0.717, 1.165) is 0 Å². The van der Waals surface area contributed by atoms with Crippen molar-refractivity contribution in [1.29, 1.82) is 0 Å². The quantitative estimate of drug-likeness (QED) is 0.288. The Morgan fingerprint density at radius 1 is 1.17 bits per heavy atom. The van der Waals surface area contributed by atoms with Gasteiger partial charge in [-0.3, -0.25) is 14.6 Å². The van der Waals surface area contributed by atoms with E-state index in [1.807, 2.05) is 6.92 Å². The molecule has 1 unspecified atom stereocenters. The van der Waals surface area contributed by atoms with Crippen LogP contribution in [0.1, 0.15) is 56.6 Å². The molecule has 0 spiro atoms. The molecule has 0 fully saturated rings. The molecule has 0 aliphatic carbocycles. The summed E-state index contributed by atoms with van der Waals surface area (Å²) in [7, 11) is 0. The van der Waals surface area contributed by atoms with E-state index < -0.39 is 12.2 Å². The van der Waals surface area contributed by atoms with Crippen molar-refractivity contribution >= 4 is 23.2 Å². The average molecular weight is 589 g/mol. The van der Waals surface area contributed by atoms with Crippen LogP contribution in [-0.2, 0) is 4.79 Å². The predicted octanol–water partition coefficient (Wildman–Crippen LogP) is 5.57. The summed E-state index contributed by atoms with van der Waals surface area (Å²) in [5, 5.41) is 18.9. The molecular formula is C29H26ClFN8O3. The lowest BCUT2D eigenvalue weighted by atomic mass is 9.88. The molecule has 3 atom stereocenters. The highest BCUT2D eigenvalue weighted by atomic mass is 35.5. The molecule has 4 aromatic heterocycles. The van der Waals surface area contributed by atoms with Crippen LogP contribution in [0.4, 0.5) is 10.1 Å². The standard InChI is InChI=1S/C29H26ClFN8O3/c1-16-4-3-5-20(23-10-18(8-9-32-23)28-24(35-29(16)41)13-34-39(28)17(2)31)22-14-42-27(12-26(22)40)21-11-19(30)6-7-25(21)38-15-33-36-37-38/h6-17,20H,3-5H2,1-2H3,(H,35,41)/t16-,17?,20-/m1/s1. The summed E-state index contributed by atoms with van der Waals surface area (Å²) in [4.78, 5) is 31.3. The van der Waals surface area contributed by atoms with Crippen LogP contribution in [0.3, 0.4) is 0 Å². The SMILES string of the molecule is CC(F)n1ncc2c1-c1ccnc(c1)[C@@H](c1coc(-c3cc(Cl)ccc3-n3cnnn3)cc1=O)CCC[C@@H](C)C(=O)N2. The maximum atomic E-state index is 14.6. The number of anilines is 1. The van der Waals surface area contributed by atoms with Crippen LogP contribution in [0.5, 0.6) is 0 Å². The molecule has 5 heterocycles. The molecule has 1 N–H and O–H groups in total. The summed E-state index contributed by atoms with van der Waals surface area (Å²) < 4.78 is 23.3. The summed E-state index contributed by atoms with van der Waals surface area (Å²) in [6.07, 6.45) is 6.27. The van der Waals surface area contributed by atoms with E-state index in [1.165, 1.54) is 41.1 Å². The molecule has 214 valence electrons. The summed E-state index contributed by atoms with van der Waals surface area (Å²) in [6.45, 7) is 3.21. The van der Waals surface area contributed by atoms with Crippen LogP contribution in [-0.4, -0.2) is 40.9 Å². The van der Waals surface area contributed by atoms with Crippen LogP contribution >= 0.6 is 11.6 Å². The number of tetrazole rings is 1. The number of fused-ring (bicyclic) bond motifs is 4. The third kappa shape index (κ3) is 5.20. The number of nitrogens with one attached hydrogen (secondary N) is 1. The number of amides is 1. The summed E-state index contributed by atoms with van der Waals surface area (Å²) >= 11 is 6.28. The Morgan fingerprint density at radius 3 is 2.79 bits per heavy atom. The molecule has 11 nitrogen and oxygen atoms in total. The predicted molar refractivity (Wildman–Crippen MR) is 153 cm³/mol. The normalized spacial score (nSPS) is 18.0. The molecule has 1 aliphatic heterocycles. The Hall–Kier alpha value is -4.71. The minimum Gasteiger partial charge on any atom is -0.464 e. The van der Waals surface area contributed by atoms with Gasteiger partial charge in [-0.15, -0.1) is 5.10 Å². The topological polar surface area (TPSA) is 134 Å². The van der Waals surface area contributed by atoms with Gasteiger partial charge in [0.1, 0.15) is 12.1 Å². The Bertz CT molecular complexity index is 1820. The fraction of sp³-hybridized carbons (Fsp3) is 0.276. The maximum Gasteiger partial charge on any atom is 0.227 e. The van der Waals surface area contributed by atoms with Crippen LogP contribution in [0, 0.1) is 5.92 Å². The molecule has 0 radical (unpaired) electrons. The highest BCUT2D eigenvalue weighted by molar-refractivity contribution is 6.31. The van der Waals surface area contributed by atoms with Crippen molar-refractivity contribution in [2.45, 2.75) is 45.3 Å². The molecule has 1 amide bonds. The van der Waals surface area contributed by atoms with Crippen molar-refractivity contribution in [1.82, 2.24) is 35.0 Å². The lowest BCUT2D eigenvalue weighted by Crippen LogP contribution is -2.22. The van der Waals surface area contributed by atoms with Gasteiger partial charge in [0.25, 0.3) is 0 Å². The summed E-state index contributed by atoms with van der Waals surface area (Å²) in [5.41, 5.74) is 3.35. The number of alkyl halides is 1. The van der Waals surface area contributed by atoms with E-state index in [4.69, 9.17) is 16.0 Å². The molecule has 0 saturated heterocycles. The second-order valence-electron chi connectivity index (χ2n) is 10.2. The van der Waals surface area contributed by atoms with Crippen LogP contribution in [0.2, 0.25) is 5.02 Å². The van der Waals surface area contributed by atoms with Gasteiger partial charge in [0, 0.05) is 51.5 Å². The number of carbonyl (C=O) groups excluding carboxylic acids is 1. The number of hydrogen-bond donors (Lipinski definition) is 1. The zero-order chi connectivity index (χ0) is 29.4. The minimum absolute atomic E-state index is 0.183. The number of rotatable bonds is 4. The van der Waals surface area contributed by atoms with Crippen molar-refractivity contribution in [3.8, 4) is 28.3 Å². The van der Waals surface area contributed by atoms with Gasteiger partial charge in [0.2, 0.25) is 5.91 Å². The van der Waals surface area contributed by atoms with Crippen molar-refractivity contribution < 1.29 is 13.6 Å². The molecule has 0 saturated carbocycles. The molecule has 42 heavy (non-hydrogen) atoms. The average Bonchev–Trinajstić information content (AvgIpc) is 3.66. The third-order valence-electron chi connectivity index (χ3n) is 7.43. The Morgan fingerprint density at radius 2 is 2.02 bits per heavy atom. The van der Waals surface area contributed by atoms with E-state index in [1.54, 1.807) is 36.5 Å². The van der Waals surface area contributed by atoms with E-state index in [9.17, 15) is 14.0 Å². The van der Waals surface area contributed by atoms with E-state index in [0.29, 0.717) is 69.5 Å². The lowest BCUT2D eigenvalue weighted by molar-refractivity contribution is -0.119. The Balaban J connectivity index is 1.45. The highest BCUT2D eigenvalue weighted by Crippen LogP contribution is 2.36. The van der Waals surface area contributed by atoms with Gasteiger partial charge in [0.15, 0.2) is 11.7 Å². The summed E-state index contributed by atoms with van der Waals surface area (Å²) in [6, 6.07) is 10.1. The molecule has 6 rings (SSSR count). The first-order valence-electron chi connectivity index (χ1n) is 13.4. The molecule has 1 aliphatic rings. The van der Waals surface area contributed by atoms with Crippen molar-refractivity contribution in [2.24, 2.45) is 5.92 Å². The fourth-order valence-corrected chi connectivity index (χ4v) is 5.44. The second kappa shape index (κ2) is 11.3. The van der Waals surface area contributed by atoms with Gasteiger partial charge >= 0.3 is 0 Å². The molecule has 13 heteroatoms. The fourth-order valence-electron chi connectivity index (χ4n) is 5.27. The molecular weight excluding hydrogens is 563 g/mol. The highest BCUT2D eigenvalue weighted by Gasteiger charge is 2.26. The zero-order valence-electron chi connectivity index (χ0n) is 22.7. The number of carbonyl (C=O) groups is 1. The van der Waals surface area contributed by atoms with Gasteiger partial charge in [-0.05, 0) is 60.5 Å². The molecule has 1 aromatic carbocycles. The van der Waals surface area contributed by atoms with E-state index >= 15 is 0 Å². The second-order valence-corrected chi connectivity index (χ2v) is 10.7. The van der Waals surface area contributed by atoms with Gasteiger partial charge in [-0.2, -0.15) is 9.78 Å². The smallest absolute Gasteiger partial charge is 0.227 e. The van der Waals surface area contributed by atoms with E-state index in [2.05, 4.69) is 30.9 Å². The Labute approximate surface area is 244 Å². The summed E-state index contributed by atoms with van der Waals surface area (Å²) in [5.74, 6) is -0.646. The van der Waals surface area contributed by atoms with Crippen molar-refractivity contribution in [2.75, 3.05) is 5.32 Å². The maximum absolute atomic E-state index is 14.6. The first kappa shape index (κ1) is 27.5. The first-order valence-corrected chi connectivity index (χ1v) is 13.8. The Kier molecular flexibility index (Phi) is 7.38. The van der Waals surface area contributed by atoms with Crippen LogP contribution < -0.4 is 10.7 Å². The lowest BCUT2D eigenvalue weighted by Gasteiger charge is -2.20. The van der Waals surface area contributed by atoms with Crippen molar-refractivity contribution in [3.05, 3.63) is 87.9 Å². The van der Waals surface area contributed by atoms with Crippen LogP contribution in [0.25, 0.3) is 28.3 Å². The number of halogens is 2. The van der Waals surface area contributed by atoms with Crippen molar-refractivity contribution in [3.63, 3.8) is 0 Å². The van der Waals surface area contributed by atoms with Gasteiger partial charge in [-0.1, -0.05) is 24.9 Å². The number of hydrogen-bond acceptors (Lipinski definition) is 8. The van der Waals surface area contributed by atoms with Gasteiger partial charge in [0.05, 0.1) is 29.5 Å². The van der Waals surface area contributed by atoms with Gasteiger partial charge < -0.3 is 9.73 Å². The molecule has 5 aromatic rings. The van der Waals surface area contributed by atoms with Gasteiger partial charge in [-0.25, -0.2) is 9.07 Å². The zero-order valence-corrected chi connectivity index (χ0v) is 23.5. The number of benzene rings is 1. The number of nitrogens with zero attached hydrogens (tertiary/aromatic N) is 7. The largest absolute Gasteiger partial charge is 0.464 e. The first-order chi connectivity index (χ1) is 20.3. The minimum atomic E-state index is -1.44. The number of pyridine rings is 1. The third-order valence-corrected chi connectivity index (χ3v) is 7.67. The molecule has 2 bridgehead atoms.